The first-order valence-electron chi connectivity index (χ1n) is 9.15. The van der Waals surface area contributed by atoms with Crippen molar-refractivity contribution in [3.05, 3.63) is 59.6 Å². The predicted molar refractivity (Wildman–Crippen MR) is 112 cm³/mol. The zero-order valence-electron chi connectivity index (χ0n) is 16.3. The second-order valence-electron chi connectivity index (χ2n) is 6.71. The molecule has 4 aromatic rings. The molecule has 0 unspecified atom stereocenters. The van der Waals surface area contributed by atoms with Crippen molar-refractivity contribution in [2.75, 3.05) is 12.4 Å². The Balaban J connectivity index is 1.76. The minimum atomic E-state index is -0.619. The van der Waals surface area contributed by atoms with Crippen LogP contribution in [0.15, 0.2) is 49.1 Å². The number of aromatic nitrogens is 5. The quantitative estimate of drug-likeness (QED) is 0.491. The molecule has 10 heteroatoms. The molecule has 1 aromatic carbocycles. The fourth-order valence-corrected chi connectivity index (χ4v) is 3.29. The molecule has 0 saturated carbocycles. The first-order valence-corrected chi connectivity index (χ1v) is 9.53. The van der Waals surface area contributed by atoms with E-state index in [2.05, 4.69) is 20.5 Å². The lowest BCUT2D eigenvalue weighted by Gasteiger charge is -2.09. The third-order valence-corrected chi connectivity index (χ3v) is 4.64. The molecule has 2 N–H and O–H groups in total. The van der Waals surface area contributed by atoms with Gasteiger partial charge in [0.15, 0.2) is 5.65 Å². The number of anilines is 1. The van der Waals surface area contributed by atoms with Gasteiger partial charge in [0.2, 0.25) is 0 Å². The fraction of sp³-hybridized carbons (Fsp3) is 0.200. The van der Waals surface area contributed by atoms with Crippen molar-refractivity contribution in [3.63, 3.8) is 0 Å². The number of methoxy groups -OCH3 is 1. The zero-order valence-corrected chi connectivity index (χ0v) is 17.0. The van der Waals surface area contributed by atoms with Crippen LogP contribution in [0.2, 0.25) is 5.02 Å². The van der Waals surface area contributed by atoms with E-state index < -0.39 is 6.10 Å². The Morgan fingerprint density at radius 3 is 3.00 bits per heavy atom. The van der Waals surface area contributed by atoms with E-state index in [1.807, 2.05) is 0 Å². The summed E-state index contributed by atoms with van der Waals surface area (Å²) in [6, 6.07) is 6.87. The SMILES string of the molecule is COc1ccc(Cl)cc1-c1nn(C[C@@H](C)O)cc1NC(=O)c1cnn2cccnc12. The van der Waals surface area contributed by atoms with E-state index in [9.17, 15) is 9.90 Å². The molecule has 0 aliphatic rings. The Morgan fingerprint density at radius 2 is 2.23 bits per heavy atom. The van der Waals surface area contributed by atoms with Gasteiger partial charge in [0.1, 0.15) is 17.0 Å². The highest BCUT2D eigenvalue weighted by Gasteiger charge is 2.21. The Morgan fingerprint density at radius 1 is 1.40 bits per heavy atom. The van der Waals surface area contributed by atoms with Gasteiger partial charge in [-0.25, -0.2) is 9.50 Å². The van der Waals surface area contributed by atoms with E-state index in [0.29, 0.717) is 38.9 Å². The number of hydrogen-bond donors (Lipinski definition) is 2. The number of amides is 1. The third kappa shape index (κ3) is 3.85. The number of aliphatic hydroxyl groups is 1. The summed E-state index contributed by atoms with van der Waals surface area (Å²) in [4.78, 5) is 17.2. The van der Waals surface area contributed by atoms with Crippen molar-refractivity contribution in [3.8, 4) is 17.0 Å². The summed E-state index contributed by atoms with van der Waals surface area (Å²) in [5.74, 6) is 0.164. The van der Waals surface area contributed by atoms with Crippen LogP contribution in [0, 0.1) is 0 Å². The maximum absolute atomic E-state index is 13.0. The Bertz CT molecular complexity index is 1220. The van der Waals surface area contributed by atoms with Gasteiger partial charge in [-0.2, -0.15) is 10.2 Å². The number of carbonyl (C=O) groups excluding carboxylic acids is 1. The van der Waals surface area contributed by atoms with Crippen LogP contribution in [-0.2, 0) is 6.54 Å². The largest absolute Gasteiger partial charge is 0.496 e. The highest BCUT2D eigenvalue weighted by molar-refractivity contribution is 6.31. The molecule has 1 atom stereocenters. The number of benzene rings is 1. The molecular weight excluding hydrogens is 408 g/mol. The molecule has 3 heterocycles. The van der Waals surface area contributed by atoms with E-state index >= 15 is 0 Å². The molecule has 4 rings (SSSR count). The monoisotopic (exact) mass is 426 g/mol. The second-order valence-corrected chi connectivity index (χ2v) is 7.14. The lowest BCUT2D eigenvalue weighted by Crippen LogP contribution is -2.13. The van der Waals surface area contributed by atoms with Crippen LogP contribution in [0.5, 0.6) is 5.75 Å². The topological polar surface area (TPSA) is 107 Å². The van der Waals surface area contributed by atoms with Gasteiger partial charge in [0.25, 0.3) is 5.91 Å². The number of aliphatic hydroxyl groups excluding tert-OH is 1. The van der Waals surface area contributed by atoms with Gasteiger partial charge in [0, 0.05) is 29.2 Å². The standard InChI is InChI=1S/C20H19ClN6O3/c1-12(28)10-26-11-16(18(25-26)14-8-13(21)4-5-17(14)30-2)24-20(29)15-9-23-27-7-3-6-22-19(15)27/h3-9,11-12,28H,10H2,1-2H3,(H,24,29)/t12-/m1/s1. The van der Waals surface area contributed by atoms with Crippen molar-refractivity contribution >= 4 is 28.8 Å². The maximum atomic E-state index is 13.0. The van der Waals surface area contributed by atoms with Crippen LogP contribution in [0.25, 0.3) is 16.9 Å². The van der Waals surface area contributed by atoms with Crippen LogP contribution in [0.4, 0.5) is 5.69 Å². The molecule has 0 fully saturated rings. The summed E-state index contributed by atoms with van der Waals surface area (Å²) < 4.78 is 8.52. The molecule has 0 saturated heterocycles. The summed E-state index contributed by atoms with van der Waals surface area (Å²) in [6.07, 6.45) is 5.79. The first-order chi connectivity index (χ1) is 14.5. The number of hydrogen-bond acceptors (Lipinski definition) is 6. The van der Waals surface area contributed by atoms with E-state index in [1.165, 1.54) is 10.7 Å². The van der Waals surface area contributed by atoms with Crippen molar-refractivity contribution in [1.82, 2.24) is 24.4 Å². The summed E-state index contributed by atoms with van der Waals surface area (Å²) >= 11 is 6.18. The summed E-state index contributed by atoms with van der Waals surface area (Å²) in [6.45, 7) is 1.91. The summed E-state index contributed by atoms with van der Waals surface area (Å²) in [5.41, 5.74) is 2.28. The number of halogens is 1. The van der Waals surface area contributed by atoms with Crippen molar-refractivity contribution in [2.24, 2.45) is 0 Å². The van der Waals surface area contributed by atoms with Crippen LogP contribution in [0.1, 0.15) is 17.3 Å². The van der Waals surface area contributed by atoms with E-state index in [4.69, 9.17) is 16.3 Å². The minimum Gasteiger partial charge on any atom is -0.496 e. The second kappa shape index (κ2) is 8.13. The molecule has 3 aromatic heterocycles. The molecule has 0 aliphatic heterocycles. The molecule has 0 aliphatic carbocycles. The zero-order chi connectivity index (χ0) is 21.3. The van der Waals surface area contributed by atoms with Gasteiger partial charge in [0.05, 0.1) is 31.6 Å². The van der Waals surface area contributed by atoms with Gasteiger partial charge in [-0.05, 0) is 31.2 Å². The van der Waals surface area contributed by atoms with Gasteiger partial charge in [-0.3, -0.25) is 9.48 Å². The van der Waals surface area contributed by atoms with E-state index in [-0.39, 0.29) is 12.5 Å². The number of rotatable bonds is 6. The number of ether oxygens (including phenoxy) is 1. The molecule has 30 heavy (non-hydrogen) atoms. The number of fused-ring (bicyclic) bond motifs is 1. The normalized spacial score (nSPS) is 12.1. The van der Waals surface area contributed by atoms with Crippen LogP contribution < -0.4 is 10.1 Å². The van der Waals surface area contributed by atoms with Gasteiger partial charge < -0.3 is 15.2 Å². The first kappa shape index (κ1) is 19.9. The average molecular weight is 427 g/mol. The van der Waals surface area contributed by atoms with Crippen LogP contribution >= 0.6 is 11.6 Å². The number of carbonyl (C=O) groups is 1. The lowest BCUT2D eigenvalue weighted by molar-refractivity contribution is 0.102. The summed E-state index contributed by atoms with van der Waals surface area (Å²) in [7, 11) is 1.54. The lowest BCUT2D eigenvalue weighted by atomic mass is 10.1. The van der Waals surface area contributed by atoms with Gasteiger partial charge in [-0.1, -0.05) is 11.6 Å². The third-order valence-electron chi connectivity index (χ3n) is 4.40. The Hall–Kier alpha value is -3.43. The van der Waals surface area contributed by atoms with Crippen molar-refractivity contribution in [2.45, 2.75) is 19.6 Å². The minimum absolute atomic E-state index is 0.254. The molecule has 1 amide bonds. The van der Waals surface area contributed by atoms with Crippen molar-refractivity contribution in [1.29, 1.82) is 0 Å². The summed E-state index contributed by atoms with van der Waals surface area (Å²) in [5, 5.41) is 21.8. The molecule has 0 radical (unpaired) electrons. The van der Waals surface area contributed by atoms with Crippen LogP contribution in [0.3, 0.4) is 0 Å². The highest BCUT2D eigenvalue weighted by Crippen LogP contribution is 2.36. The molecular formula is C20H19ClN6O3. The van der Waals surface area contributed by atoms with Crippen LogP contribution in [-0.4, -0.2) is 48.6 Å². The van der Waals surface area contributed by atoms with E-state index in [0.717, 1.165) is 0 Å². The molecule has 154 valence electrons. The highest BCUT2D eigenvalue weighted by atomic mass is 35.5. The average Bonchev–Trinajstić information content (AvgIpc) is 3.31. The number of nitrogens with zero attached hydrogens (tertiary/aromatic N) is 5. The van der Waals surface area contributed by atoms with Gasteiger partial charge >= 0.3 is 0 Å². The Labute approximate surface area is 176 Å². The number of nitrogens with one attached hydrogen (secondary N) is 1. The smallest absolute Gasteiger partial charge is 0.261 e. The molecule has 0 spiro atoms. The Kier molecular flexibility index (Phi) is 5.39. The predicted octanol–water partition coefficient (Wildman–Crippen LogP) is 2.89. The molecule has 9 nitrogen and oxygen atoms in total. The maximum Gasteiger partial charge on any atom is 0.261 e. The fourth-order valence-electron chi connectivity index (χ4n) is 3.12. The van der Waals surface area contributed by atoms with Gasteiger partial charge in [-0.15, -0.1) is 0 Å². The van der Waals surface area contributed by atoms with Crippen molar-refractivity contribution < 1.29 is 14.6 Å². The molecule has 0 bridgehead atoms. The van der Waals surface area contributed by atoms with E-state index in [1.54, 1.807) is 61.6 Å².